The highest BCUT2D eigenvalue weighted by molar-refractivity contribution is 9.10. The van der Waals surface area contributed by atoms with Crippen LogP contribution >= 0.6 is 27.5 Å². The van der Waals surface area contributed by atoms with Gasteiger partial charge in [-0.25, -0.2) is 0 Å². The Balaban J connectivity index is 2.16. The molecule has 0 radical (unpaired) electrons. The van der Waals surface area contributed by atoms with E-state index in [-0.39, 0.29) is 5.54 Å². The van der Waals surface area contributed by atoms with Gasteiger partial charge in [0, 0.05) is 17.1 Å². The topological polar surface area (TPSA) is 30.5 Å². The predicted octanol–water partition coefficient (Wildman–Crippen LogP) is 5.97. The molecule has 0 heterocycles. The molecule has 0 fully saturated rings. The molecule has 0 unspecified atom stereocenters. The van der Waals surface area contributed by atoms with Crippen molar-refractivity contribution in [1.29, 1.82) is 0 Å². The Morgan fingerprint density at radius 3 is 2.32 bits per heavy atom. The Bertz CT molecular complexity index is 696. The van der Waals surface area contributed by atoms with Crippen LogP contribution in [-0.4, -0.2) is 12.1 Å². The van der Waals surface area contributed by atoms with Crippen molar-refractivity contribution in [2.24, 2.45) is 0 Å². The van der Waals surface area contributed by atoms with E-state index in [0.717, 1.165) is 38.7 Å². The van der Waals surface area contributed by atoms with Crippen molar-refractivity contribution in [1.82, 2.24) is 5.32 Å². The van der Waals surface area contributed by atoms with Crippen molar-refractivity contribution >= 4 is 27.5 Å². The monoisotopic (exact) mass is 425 g/mol. The maximum atomic E-state index is 6.01. The van der Waals surface area contributed by atoms with Crippen molar-refractivity contribution in [2.75, 3.05) is 6.61 Å². The van der Waals surface area contributed by atoms with Crippen molar-refractivity contribution < 1.29 is 9.47 Å². The minimum absolute atomic E-state index is 0.0575. The highest BCUT2D eigenvalue weighted by Gasteiger charge is 2.14. The molecule has 2 aromatic carbocycles. The van der Waals surface area contributed by atoms with Crippen molar-refractivity contribution in [2.45, 2.75) is 46.4 Å². The quantitative estimate of drug-likeness (QED) is 0.592. The number of ether oxygens (including phenoxy) is 2. The number of hydrogen-bond donors (Lipinski definition) is 1. The van der Waals surface area contributed by atoms with Crippen molar-refractivity contribution in [3.63, 3.8) is 0 Å². The normalized spacial score (nSPS) is 11.4. The van der Waals surface area contributed by atoms with Gasteiger partial charge in [0.2, 0.25) is 0 Å². The van der Waals surface area contributed by atoms with Crippen LogP contribution in [0.25, 0.3) is 0 Å². The van der Waals surface area contributed by atoms with Gasteiger partial charge in [-0.15, -0.1) is 0 Å². The van der Waals surface area contributed by atoms with E-state index in [1.165, 1.54) is 0 Å². The summed E-state index contributed by atoms with van der Waals surface area (Å²) in [5.74, 6) is 1.47. The van der Waals surface area contributed by atoms with E-state index in [0.29, 0.717) is 13.2 Å². The lowest BCUT2D eigenvalue weighted by Gasteiger charge is -2.21. The molecule has 0 amide bonds. The number of nitrogens with one attached hydrogen (secondary N) is 1. The molecule has 2 rings (SSSR count). The van der Waals surface area contributed by atoms with Gasteiger partial charge in [-0.1, -0.05) is 23.7 Å². The zero-order valence-corrected chi connectivity index (χ0v) is 17.5. The van der Waals surface area contributed by atoms with Gasteiger partial charge in [-0.2, -0.15) is 0 Å². The van der Waals surface area contributed by atoms with Gasteiger partial charge >= 0.3 is 0 Å². The lowest BCUT2D eigenvalue weighted by Crippen LogP contribution is -2.35. The molecule has 1 N–H and O–H groups in total. The van der Waals surface area contributed by atoms with Crippen LogP contribution in [0, 0.1) is 0 Å². The Hall–Kier alpha value is -1.23. The fraction of sp³-hybridized carbons (Fsp3) is 0.400. The minimum Gasteiger partial charge on any atom is -0.490 e. The highest BCUT2D eigenvalue weighted by atomic mass is 79.9. The third-order valence-electron chi connectivity index (χ3n) is 3.49. The van der Waals surface area contributed by atoms with Crippen molar-refractivity contribution in [3.05, 3.63) is 57.0 Å². The largest absolute Gasteiger partial charge is 0.490 e. The molecule has 0 spiro atoms. The Kier molecular flexibility index (Phi) is 7.17. The summed E-state index contributed by atoms with van der Waals surface area (Å²) in [6, 6.07) is 11.7. The number of rotatable bonds is 7. The summed E-state index contributed by atoms with van der Waals surface area (Å²) >= 11 is 9.55. The molecule has 5 heteroatoms. The van der Waals surface area contributed by atoms with E-state index in [4.69, 9.17) is 21.1 Å². The number of hydrogen-bond acceptors (Lipinski definition) is 3. The highest BCUT2D eigenvalue weighted by Crippen LogP contribution is 2.37. The first-order valence-electron chi connectivity index (χ1n) is 8.36. The van der Waals surface area contributed by atoms with Gasteiger partial charge in [0.15, 0.2) is 11.5 Å². The Labute approximate surface area is 163 Å². The predicted molar refractivity (Wildman–Crippen MR) is 108 cm³/mol. The average Bonchev–Trinajstić information content (AvgIpc) is 2.53. The van der Waals surface area contributed by atoms with Crippen LogP contribution < -0.4 is 14.8 Å². The molecule has 0 saturated carbocycles. The first kappa shape index (κ1) is 20.1. The lowest BCUT2D eigenvalue weighted by atomic mass is 10.1. The number of benzene rings is 2. The molecule has 0 aliphatic carbocycles. The fourth-order valence-electron chi connectivity index (χ4n) is 2.23. The Morgan fingerprint density at radius 1 is 1.04 bits per heavy atom. The summed E-state index contributed by atoms with van der Waals surface area (Å²) in [5, 5.41) is 4.21. The molecule has 25 heavy (non-hydrogen) atoms. The van der Waals surface area contributed by atoms with Gasteiger partial charge in [0.1, 0.15) is 6.61 Å². The van der Waals surface area contributed by atoms with Crippen LogP contribution in [0.1, 0.15) is 38.8 Å². The molecule has 0 saturated heterocycles. The van der Waals surface area contributed by atoms with E-state index < -0.39 is 0 Å². The van der Waals surface area contributed by atoms with E-state index in [2.05, 4.69) is 48.1 Å². The first-order chi connectivity index (χ1) is 11.8. The van der Waals surface area contributed by atoms with E-state index >= 15 is 0 Å². The van der Waals surface area contributed by atoms with E-state index in [1.54, 1.807) is 0 Å². The van der Waals surface area contributed by atoms with Gasteiger partial charge < -0.3 is 14.8 Å². The molecule has 2 aromatic rings. The summed E-state index contributed by atoms with van der Waals surface area (Å²) in [5.41, 5.74) is 2.25. The number of halogens is 2. The zero-order chi connectivity index (χ0) is 18.4. The maximum absolute atomic E-state index is 6.01. The van der Waals surface area contributed by atoms with Crippen LogP contribution in [-0.2, 0) is 13.2 Å². The van der Waals surface area contributed by atoms with E-state index in [9.17, 15) is 0 Å². The zero-order valence-electron chi connectivity index (χ0n) is 15.2. The van der Waals surface area contributed by atoms with Crippen LogP contribution in [0.3, 0.4) is 0 Å². The summed E-state index contributed by atoms with van der Waals surface area (Å²) in [4.78, 5) is 0. The van der Waals surface area contributed by atoms with Gasteiger partial charge in [0.25, 0.3) is 0 Å². The van der Waals surface area contributed by atoms with Crippen molar-refractivity contribution in [3.8, 4) is 11.5 Å². The SMILES string of the molecule is CCOc1cc(CNC(C)(C)C)cc(Br)c1OCc1ccc(Cl)cc1. The summed E-state index contributed by atoms with van der Waals surface area (Å²) in [7, 11) is 0. The second-order valence-electron chi connectivity index (χ2n) is 6.86. The smallest absolute Gasteiger partial charge is 0.175 e. The van der Waals surface area contributed by atoms with E-state index in [1.807, 2.05) is 37.3 Å². The molecular weight excluding hydrogens is 402 g/mol. The molecule has 136 valence electrons. The minimum atomic E-state index is 0.0575. The molecule has 0 aromatic heterocycles. The molecule has 3 nitrogen and oxygen atoms in total. The molecular formula is C20H25BrClNO2. The second-order valence-corrected chi connectivity index (χ2v) is 8.15. The standard InChI is InChI=1S/C20H25BrClNO2/c1-5-24-18-11-15(12-23-20(2,3)4)10-17(21)19(18)25-13-14-6-8-16(22)9-7-14/h6-11,23H,5,12-13H2,1-4H3. The molecule has 0 atom stereocenters. The third kappa shape index (κ3) is 6.53. The van der Waals surface area contributed by atoms with Crippen LogP contribution in [0.2, 0.25) is 5.02 Å². The summed E-state index contributed by atoms with van der Waals surface area (Å²) in [6.07, 6.45) is 0. The molecule has 0 aliphatic heterocycles. The van der Waals surface area contributed by atoms with Gasteiger partial charge in [0.05, 0.1) is 11.1 Å². The molecule has 0 bridgehead atoms. The van der Waals surface area contributed by atoms with Crippen LogP contribution in [0.15, 0.2) is 40.9 Å². The van der Waals surface area contributed by atoms with Gasteiger partial charge in [-0.05, 0) is 79.0 Å². The summed E-state index contributed by atoms with van der Waals surface area (Å²) < 4.78 is 12.7. The average molecular weight is 427 g/mol. The first-order valence-corrected chi connectivity index (χ1v) is 9.53. The van der Waals surface area contributed by atoms with Crippen LogP contribution in [0.5, 0.6) is 11.5 Å². The van der Waals surface area contributed by atoms with Crippen LogP contribution in [0.4, 0.5) is 0 Å². The Morgan fingerprint density at radius 2 is 1.72 bits per heavy atom. The summed E-state index contributed by atoms with van der Waals surface area (Å²) in [6.45, 7) is 10.2. The lowest BCUT2D eigenvalue weighted by molar-refractivity contribution is 0.267. The van der Waals surface area contributed by atoms with Gasteiger partial charge in [-0.3, -0.25) is 0 Å². The maximum Gasteiger partial charge on any atom is 0.175 e. The molecule has 0 aliphatic rings. The third-order valence-corrected chi connectivity index (χ3v) is 4.33. The fourth-order valence-corrected chi connectivity index (χ4v) is 2.96. The second kappa shape index (κ2) is 8.93.